The number of hydrogen-bond donors (Lipinski definition) is 1. The van der Waals surface area contributed by atoms with Crippen molar-refractivity contribution in [3.63, 3.8) is 0 Å². The Kier molecular flexibility index (Phi) is 4.92. The summed E-state index contributed by atoms with van der Waals surface area (Å²) in [5.74, 6) is -0.208. The van der Waals surface area contributed by atoms with Gasteiger partial charge in [0.15, 0.2) is 6.17 Å². The minimum absolute atomic E-state index is 0.208. The highest BCUT2D eigenvalue weighted by atomic mass is 19.4. The molecule has 0 fully saturated rings. The molecule has 170 valence electrons. The van der Waals surface area contributed by atoms with Crippen LogP contribution in [0.3, 0.4) is 0 Å². The Hall–Kier alpha value is -3.42. The van der Waals surface area contributed by atoms with Crippen LogP contribution in [0.4, 0.5) is 18.9 Å². The number of hydrogen-bond acceptors (Lipinski definition) is 4. The number of nitrogens with zero attached hydrogens (tertiary/aromatic N) is 3. The molecule has 1 amide bonds. The van der Waals surface area contributed by atoms with Crippen molar-refractivity contribution in [1.29, 1.82) is 0 Å². The molecule has 0 aromatic heterocycles. The summed E-state index contributed by atoms with van der Waals surface area (Å²) in [6, 6.07) is 13.0. The maximum Gasteiger partial charge on any atom is 0.416 e. The summed E-state index contributed by atoms with van der Waals surface area (Å²) in [4.78, 5) is 15.7. The van der Waals surface area contributed by atoms with Gasteiger partial charge < -0.3 is 10.2 Å². The van der Waals surface area contributed by atoms with Gasteiger partial charge in [-0.1, -0.05) is 37.3 Å². The fraction of sp³-hybridized carbons (Fsp3) is 0.320. The van der Waals surface area contributed by atoms with Crippen LogP contribution in [0.25, 0.3) is 0 Å². The van der Waals surface area contributed by atoms with Crippen molar-refractivity contribution < 1.29 is 18.0 Å². The number of azo groups is 1. The van der Waals surface area contributed by atoms with Crippen molar-refractivity contribution in [1.82, 2.24) is 5.32 Å². The highest BCUT2D eigenvalue weighted by molar-refractivity contribution is 6.09. The summed E-state index contributed by atoms with van der Waals surface area (Å²) in [5.41, 5.74) is 2.33. The van der Waals surface area contributed by atoms with Crippen LogP contribution in [-0.2, 0) is 16.4 Å². The van der Waals surface area contributed by atoms with E-state index >= 15 is 0 Å². The van der Waals surface area contributed by atoms with E-state index in [0.717, 1.165) is 29.1 Å². The molecule has 5 nitrogen and oxygen atoms in total. The molecule has 0 saturated heterocycles. The largest absolute Gasteiger partial charge is 0.416 e. The van der Waals surface area contributed by atoms with Gasteiger partial charge in [0.2, 0.25) is 0 Å². The Morgan fingerprint density at radius 2 is 1.97 bits per heavy atom. The minimum atomic E-state index is -4.49. The number of anilines is 1. The number of carbonyl (C=O) groups is 1. The molecule has 2 atom stereocenters. The number of fused-ring (bicyclic) bond motifs is 1. The Balaban J connectivity index is 1.71. The maximum atomic E-state index is 14.0. The van der Waals surface area contributed by atoms with Gasteiger partial charge in [-0.3, -0.25) is 4.79 Å². The average molecular weight is 452 g/mol. The van der Waals surface area contributed by atoms with Crippen molar-refractivity contribution in [2.75, 3.05) is 11.4 Å². The Morgan fingerprint density at radius 1 is 1.18 bits per heavy atom. The molecule has 1 N–H and O–H groups in total. The van der Waals surface area contributed by atoms with E-state index in [1.165, 1.54) is 6.07 Å². The molecule has 2 unspecified atom stereocenters. The SMILES string of the molecule is CCC1(c2cccc(C(F)(F)F)c2)C2=CN=NC2NC2=C1C(=O)N(c1cccc(C)c1)CC2. The van der Waals surface area contributed by atoms with Crippen LogP contribution in [-0.4, -0.2) is 18.6 Å². The molecule has 0 radical (unpaired) electrons. The van der Waals surface area contributed by atoms with Gasteiger partial charge in [0.1, 0.15) is 0 Å². The molecule has 33 heavy (non-hydrogen) atoms. The van der Waals surface area contributed by atoms with Crippen LogP contribution in [0.15, 0.2) is 81.8 Å². The van der Waals surface area contributed by atoms with E-state index in [1.807, 2.05) is 38.1 Å². The van der Waals surface area contributed by atoms with Gasteiger partial charge in [-0.15, -0.1) is 0 Å². The molecular formula is C25H23F3N4O. The third-order valence-electron chi connectivity index (χ3n) is 6.78. The van der Waals surface area contributed by atoms with Gasteiger partial charge in [0.25, 0.3) is 5.91 Å². The van der Waals surface area contributed by atoms with Gasteiger partial charge in [-0.2, -0.15) is 23.4 Å². The van der Waals surface area contributed by atoms with Crippen LogP contribution >= 0.6 is 0 Å². The lowest BCUT2D eigenvalue weighted by Crippen LogP contribution is -2.54. The second-order valence-electron chi connectivity index (χ2n) is 8.60. The summed E-state index contributed by atoms with van der Waals surface area (Å²) in [6.07, 6.45) is -2.44. The molecule has 0 bridgehead atoms. The number of carbonyl (C=O) groups excluding carboxylic acids is 1. The number of rotatable bonds is 3. The lowest BCUT2D eigenvalue weighted by Gasteiger charge is -2.47. The Bertz CT molecular complexity index is 1230. The van der Waals surface area contributed by atoms with Crippen molar-refractivity contribution in [3.8, 4) is 0 Å². The fourth-order valence-electron chi connectivity index (χ4n) is 5.25. The first-order valence-corrected chi connectivity index (χ1v) is 10.9. The monoisotopic (exact) mass is 452 g/mol. The average Bonchev–Trinajstić information content (AvgIpc) is 3.26. The van der Waals surface area contributed by atoms with Gasteiger partial charge in [0.05, 0.1) is 22.8 Å². The van der Waals surface area contributed by atoms with Crippen molar-refractivity contribution in [2.24, 2.45) is 10.2 Å². The number of amides is 1. The van der Waals surface area contributed by atoms with E-state index in [-0.39, 0.29) is 5.91 Å². The fourth-order valence-corrected chi connectivity index (χ4v) is 5.25. The molecule has 2 aromatic rings. The quantitative estimate of drug-likeness (QED) is 0.656. The van der Waals surface area contributed by atoms with E-state index in [0.29, 0.717) is 36.1 Å². The van der Waals surface area contributed by atoms with Crippen LogP contribution < -0.4 is 10.2 Å². The maximum absolute atomic E-state index is 14.0. The predicted octanol–water partition coefficient (Wildman–Crippen LogP) is 5.63. The molecule has 3 aliphatic heterocycles. The second kappa shape index (κ2) is 7.57. The summed E-state index contributed by atoms with van der Waals surface area (Å²) < 4.78 is 40.8. The standard InChI is InChI=1S/C25H23F3N4O/c1-3-24(16-7-5-8-17(13-16)25(26,27)28)19-14-29-31-22(19)30-20-10-11-32(23(33)21(20)24)18-9-4-6-15(2)12-18/h4-9,12-14,22,30H,3,10-11H2,1-2H3. The van der Waals surface area contributed by atoms with Crippen molar-refractivity contribution in [3.05, 3.63) is 88.3 Å². The summed E-state index contributed by atoms with van der Waals surface area (Å²) >= 11 is 0. The lowest BCUT2D eigenvalue weighted by molar-refractivity contribution is -0.137. The lowest BCUT2D eigenvalue weighted by atomic mass is 9.62. The summed E-state index contributed by atoms with van der Waals surface area (Å²) in [7, 11) is 0. The molecule has 3 aliphatic rings. The van der Waals surface area contributed by atoms with E-state index < -0.39 is 23.3 Å². The molecule has 0 saturated carbocycles. The van der Waals surface area contributed by atoms with Crippen molar-refractivity contribution >= 4 is 11.6 Å². The molecular weight excluding hydrogens is 429 g/mol. The van der Waals surface area contributed by atoms with E-state index in [2.05, 4.69) is 15.5 Å². The molecule has 8 heteroatoms. The van der Waals surface area contributed by atoms with E-state index in [4.69, 9.17) is 0 Å². The Labute approximate surface area is 189 Å². The van der Waals surface area contributed by atoms with Crippen LogP contribution in [0.1, 0.15) is 36.5 Å². The zero-order valence-electron chi connectivity index (χ0n) is 18.3. The van der Waals surface area contributed by atoms with Gasteiger partial charge >= 0.3 is 6.18 Å². The van der Waals surface area contributed by atoms with Crippen LogP contribution in [0.2, 0.25) is 0 Å². The van der Waals surface area contributed by atoms with Gasteiger partial charge in [-0.25, -0.2) is 0 Å². The molecule has 2 aromatic carbocycles. The number of alkyl halides is 3. The molecule has 0 spiro atoms. The number of nitrogens with one attached hydrogen (secondary N) is 1. The van der Waals surface area contributed by atoms with Gasteiger partial charge in [0, 0.05) is 29.9 Å². The van der Waals surface area contributed by atoms with Crippen molar-refractivity contribution in [2.45, 2.75) is 44.4 Å². The highest BCUT2D eigenvalue weighted by Gasteiger charge is 2.53. The molecule has 5 rings (SSSR count). The topological polar surface area (TPSA) is 57.1 Å². The van der Waals surface area contributed by atoms with E-state index in [9.17, 15) is 18.0 Å². The zero-order chi connectivity index (χ0) is 23.4. The first kappa shape index (κ1) is 21.4. The second-order valence-corrected chi connectivity index (χ2v) is 8.60. The van der Waals surface area contributed by atoms with Crippen LogP contribution in [0, 0.1) is 6.92 Å². The summed E-state index contributed by atoms with van der Waals surface area (Å²) in [5, 5.41) is 11.6. The first-order valence-electron chi connectivity index (χ1n) is 10.9. The number of benzene rings is 2. The minimum Gasteiger partial charge on any atom is -0.362 e. The van der Waals surface area contributed by atoms with Crippen LogP contribution in [0.5, 0.6) is 0 Å². The zero-order valence-corrected chi connectivity index (χ0v) is 18.3. The number of aryl methyl sites for hydroxylation is 1. The van der Waals surface area contributed by atoms with Gasteiger partial charge in [-0.05, 0) is 42.7 Å². The summed E-state index contributed by atoms with van der Waals surface area (Å²) in [6.45, 7) is 4.32. The molecule has 3 heterocycles. The smallest absolute Gasteiger partial charge is 0.362 e. The first-order chi connectivity index (χ1) is 15.8. The number of halogens is 3. The van der Waals surface area contributed by atoms with E-state index in [1.54, 1.807) is 17.2 Å². The normalized spacial score (nSPS) is 24.4. The highest BCUT2D eigenvalue weighted by Crippen LogP contribution is 2.52. The third kappa shape index (κ3) is 3.27. The Morgan fingerprint density at radius 3 is 2.70 bits per heavy atom. The molecule has 0 aliphatic carbocycles. The third-order valence-corrected chi connectivity index (χ3v) is 6.78. The predicted molar refractivity (Wildman–Crippen MR) is 118 cm³/mol.